The number of nitrogens with zero attached hydrogens (tertiary/aromatic N) is 2. The minimum absolute atomic E-state index is 0.0278. The van der Waals surface area contributed by atoms with E-state index in [2.05, 4.69) is 58.0 Å². The van der Waals surface area contributed by atoms with Gasteiger partial charge >= 0.3 is 23.9 Å². The molecule has 0 aromatic heterocycles. The van der Waals surface area contributed by atoms with Gasteiger partial charge in [0, 0.05) is 130 Å². The lowest BCUT2D eigenvalue weighted by molar-refractivity contribution is -0.155. The van der Waals surface area contributed by atoms with Crippen LogP contribution in [0.4, 0.5) is 11.4 Å². The quantitative estimate of drug-likeness (QED) is 0.00741. The minimum atomic E-state index is -1.67. The van der Waals surface area contributed by atoms with E-state index in [-0.39, 0.29) is 126 Å². The van der Waals surface area contributed by atoms with Crippen LogP contribution in [0.5, 0.6) is 0 Å². The number of ether oxygens (including phenoxy) is 11. The highest BCUT2D eigenvalue weighted by atomic mass is 79.9. The lowest BCUT2D eigenvalue weighted by atomic mass is 10.0. The molecular formula is C88H137BrCl4N6O32S. The van der Waals surface area contributed by atoms with Crippen LogP contribution in [0.15, 0.2) is 36.4 Å². The summed E-state index contributed by atoms with van der Waals surface area (Å²) in [4.78, 5) is 175. The van der Waals surface area contributed by atoms with Crippen LogP contribution in [0.2, 0.25) is 0 Å². The highest BCUT2D eigenvalue weighted by molar-refractivity contribution is 9.09. The molecule has 2 saturated heterocycles. The fourth-order valence-electron chi connectivity index (χ4n) is 12.1. The number of nitrogen functional groups attached to an aromatic ring is 1. The minimum Gasteiger partial charge on any atom is -0.481 e. The van der Waals surface area contributed by atoms with Gasteiger partial charge in [0.25, 0.3) is 23.6 Å². The second-order valence-electron chi connectivity index (χ2n) is 30.5. The molecule has 0 spiro atoms. The van der Waals surface area contributed by atoms with Crippen LogP contribution < -0.4 is 21.7 Å². The molecule has 4 aliphatic rings. The predicted molar refractivity (Wildman–Crippen MR) is 495 cm³/mol. The van der Waals surface area contributed by atoms with Crippen molar-refractivity contribution in [2.24, 2.45) is 0 Å². The van der Waals surface area contributed by atoms with E-state index in [1.807, 2.05) is 20.8 Å². The molecule has 2 aromatic carbocycles. The fourth-order valence-corrected chi connectivity index (χ4v) is 12.8. The highest BCUT2D eigenvalue weighted by Crippen LogP contribution is 2.34. The Morgan fingerprint density at radius 3 is 1.03 bits per heavy atom. The van der Waals surface area contributed by atoms with Crippen molar-refractivity contribution in [2.75, 3.05) is 162 Å². The van der Waals surface area contributed by atoms with Gasteiger partial charge in [-0.25, -0.2) is 4.21 Å². The SMILES string of the molecule is CC(C)(C)OC(=O)CCCCCBr.Nc1cccc2c1C(=O)N(C1CCC(=O)NC1=O)C2=O.O=C(Cl)CCCCCOCCOCCOCCCCCC(=O)Cl.O=C(O)CCCCCOCCOCCOCCCCCC(=O)Nc1cccc2c1C(=O)N(C1CCC(=O)NC1=O)C2=O.O=C(O)CCCCCOCCOCCOCCCCCC(=O)O.O=S(Cl)Cl.OCCOCCO. The number of carboxylic acids is 3. The number of aliphatic hydroxyl groups excluding tert-OH is 2. The number of benzene rings is 2. The lowest BCUT2D eigenvalue weighted by Crippen LogP contribution is -2.54. The predicted octanol–water partition coefficient (Wildman–Crippen LogP) is 11.3. The average molecular weight is 2040 g/mol. The summed E-state index contributed by atoms with van der Waals surface area (Å²) in [5.41, 5.74) is 6.28. The summed E-state index contributed by atoms with van der Waals surface area (Å²) in [6, 6.07) is 7.16. The zero-order valence-corrected chi connectivity index (χ0v) is 81.5. The number of nitrogens with two attached hydrogens (primary N) is 1. The molecule has 9 amide bonds. The molecule has 6 rings (SSSR count). The normalized spacial score (nSPS) is 14.2. The van der Waals surface area contributed by atoms with Crippen LogP contribution >= 0.6 is 60.5 Å². The summed E-state index contributed by atoms with van der Waals surface area (Å²) < 4.78 is 67.6. The van der Waals surface area contributed by atoms with Crippen LogP contribution in [0.1, 0.15) is 268 Å². The molecule has 0 radical (unpaired) electrons. The second-order valence-corrected chi connectivity index (χ2v) is 34.7. The Kier molecular flexibility index (Phi) is 76.6. The third-order valence-electron chi connectivity index (χ3n) is 18.4. The smallest absolute Gasteiger partial charge is 0.306 e. The average Bonchev–Trinajstić information content (AvgIpc) is 1.62. The summed E-state index contributed by atoms with van der Waals surface area (Å²) in [7, 11) is 7.36. The molecular weight excluding hydrogens is 1910 g/mol. The first-order valence-electron chi connectivity index (χ1n) is 44.4. The molecule has 0 saturated carbocycles. The number of carbonyl (C=O) groups excluding carboxylic acids is 12. The van der Waals surface area contributed by atoms with Crippen molar-refractivity contribution in [1.82, 2.24) is 20.4 Å². The van der Waals surface area contributed by atoms with Gasteiger partial charge in [0.2, 0.25) is 49.2 Å². The fraction of sp³-hybridized carbons (Fsp3) is 0.693. The van der Waals surface area contributed by atoms with Gasteiger partial charge in [-0.1, -0.05) is 73.0 Å². The molecule has 2 unspecified atom stereocenters. The summed E-state index contributed by atoms with van der Waals surface area (Å²) in [6.07, 6.45) is 20.5. The van der Waals surface area contributed by atoms with E-state index in [0.29, 0.717) is 177 Å². The maximum Gasteiger partial charge on any atom is 0.306 e. The van der Waals surface area contributed by atoms with E-state index in [1.54, 1.807) is 18.2 Å². The number of carboxylic acid groups (broad SMARTS) is 3. The Hall–Kier alpha value is -7.20. The molecule has 44 heteroatoms. The molecule has 2 aromatic rings. The van der Waals surface area contributed by atoms with Crippen molar-refractivity contribution in [3.63, 3.8) is 0 Å². The number of aliphatic carboxylic acids is 3. The first-order chi connectivity index (χ1) is 63.1. The summed E-state index contributed by atoms with van der Waals surface area (Å²) in [6.45, 7) is 16.4. The van der Waals surface area contributed by atoms with Crippen molar-refractivity contribution in [1.29, 1.82) is 0 Å². The molecule has 0 aliphatic carbocycles. The number of unbranched alkanes of at least 4 members (excludes halogenated alkanes) is 14. The Morgan fingerprint density at radius 2 is 0.720 bits per heavy atom. The van der Waals surface area contributed by atoms with Crippen molar-refractivity contribution in [2.45, 2.75) is 244 Å². The van der Waals surface area contributed by atoms with Crippen LogP contribution in [-0.2, 0) is 114 Å². The summed E-state index contributed by atoms with van der Waals surface area (Å²) >= 11 is 13.8. The largest absolute Gasteiger partial charge is 0.481 e. The van der Waals surface area contributed by atoms with E-state index in [4.69, 9.17) is 106 Å². The van der Waals surface area contributed by atoms with Gasteiger partial charge in [-0.05, 0) is 171 Å². The third-order valence-corrected chi connectivity index (χ3v) is 19.4. The summed E-state index contributed by atoms with van der Waals surface area (Å²) in [5, 5.41) is 49.2. The number of alkyl halides is 1. The second kappa shape index (κ2) is 81.0. The number of imide groups is 4. The number of esters is 1. The number of amides is 9. The standard InChI is InChI=1S/C29H39N3O10.C16H28Cl2O5.C16H30O7.C13H11N3O4.C10H19BrO2.C4H10O3.Cl2OS/c33-23(10-3-1-5-14-40-16-18-42-19-17-41-15-6-2-4-11-25(35)36)30-21-9-7-8-20-26(21)29(39)32(28(20)38)22-12-13-24(34)31-27(22)37;17-15(19)7-3-1-5-9-21-11-13-23-14-12-22-10-6-2-4-8-16(18)20;17-15(18)7-3-1-5-9-21-11-13-23-14-12-22-10-6-2-4-8-16(19)20;14-7-3-1-2-6-10(7)13(20)16(12(6)19)8-4-5-9(17)15-11(8)18;1-10(2,3)13-9(12)7-5-4-6-8-11;5-1-3-7-4-2-6;1-4(2)3/h7-9,22H,1-6,10-19H2,(H,30,33)(H,35,36)(H,31,34,37);1-14H2;1-14H2,(H,17,18)(H,19,20);1-3,8H,4-5,14H2,(H,15,17,18);4-8H2,1-3H3;5-6H,1-4H2;. The third kappa shape index (κ3) is 66.3. The Morgan fingerprint density at radius 1 is 0.424 bits per heavy atom. The van der Waals surface area contributed by atoms with Crippen LogP contribution in [0.3, 0.4) is 0 Å². The first-order valence-corrected chi connectivity index (χ1v) is 49.1. The zero-order valence-electron chi connectivity index (χ0n) is 76.0. The van der Waals surface area contributed by atoms with Crippen molar-refractivity contribution in [3.05, 3.63) is 58.7 Å². The highest BCUT2D eigenvalue weighted by Gasteiger charge is 2.47. The maximum atomic E-state index is 13.1. The molecule has 38 nitrogen and oxygen atoms in total. The van der Waals surface area contributed by atoms with Crippen molar-refractivity contribution < 1.29 is 154 Å². The molecule has 2 atom stereocenters. The van der Waals surface area contributed by atoms with Gasteiger partial charge in [-0.2, -0.15) is 0 Å². The molecule has 10 N–H and O–H groups in total. The van der Waals surface area contributed by atoms with Gasteiger partial charge < -0.3 is 88.7 Å². The number of hydrogen-bond acceptors (Lipinski definition) is 30. The number of piperidine rings is 2. The topological polar surface area (TPSA) is 544 Å². The number of carbonyl (C=O) groups is 15. The number of aliphatic hydroxyl groups is 2. The van der Waals surface area contributed by atoms with E-state index in [1.165, 1.54) is 18.2 Å². The zero-order chi connectivity index (χ0) is 98.5. The Bertz CT molecular complexity index is 3600. The molecule has 4 aliphatic heterocycles. The van der Waals surface area contributed by atoms with Gasteiger partial charge in [-0.3, -0.25) is 92.4 Å². The molecule has 0 bridgehead atoms. The summed E-state index contributed by atoms with van der Waals surface area (Å²) in [5.74, 6) is -7.23. The van der Waals surface area contributed by atoms with Gasteiger partial charge in [0.05, 0.1) is 134 Å². The van der Waals surface area contributed by atoms with Crippen LogP contribution in [0, 0.1) is 0 Å². The van der Waals surface area contributed by atoms with E-state index >= 15 is 0 Å². The monoisotopic (exact) mass is 2040 g/mol. The number of halogens is 5. The number of anilines is 2. The number of hydrogen-bond donors (Lipinski definition) is 9. The van der Waals surface area contributed by atoms with E-state index in [0.717, 1.165) is 124 Å². The lowest BCUT2D eigenvalue weighted by Gasteiger charge is -2.27. The Labute approximate surface area is 802 Å². The number of fused-ring (bicyclic) bond motifs is 2. The number of nitrogens with one attached hydrogen (secondary N) is 3. The van der Waals surface area contributed by atoms with Crippen LogP contribution in [0.25, 0.3) is 0 Å². The molecule has 752 valence electrons. The molecule has 132 heavy (non-hydrogen) atoms. The van der Waals surface area contributed by atoms with E-state index < -0.39 is 86.5 Å². The maximum absolute atomic E-state index is 13.1. The van der Waals surface area contributed by atoms with Crippen molar-refractivity contribution in [3.8, 4) is 0 Å². The number of rotatable bonds is 66. The van der Waals surface area contributed by atoms with Gasteiger partial charge in [0.1, 0.15) is 17.7 Å². The molecule has 4 heterocycles. The van der Waals surface area contributed by atoms with Crippen LogP contribution in [-0.4, -0.2) is 295 Å². The van der Waals surface area contributed by atoms with Gasteiger partial charge in [0.15, 0.2) is 0 Å². The molecule has 2 fully saturated rings. The van der Waals surface area contributed by atoms with Gasteiger partial charge in [-0.15, -0.1) is 0 Å². The van der Waals surface area contributed by atoms with E-state index in [9.17, 15) is 71.9 Å². The first kappa shape index (κ1) is 125. The van der Waals surface area contributed by atoms with Crippen molar-refractivity contribution >= 4 is 169 Å². The Balaban J connectivity index is 0.00000165.